The van der Waals surface area contributed by atoms with Gasteiger partial charge in [0, 0.05) is 55.1 Å². The summed E-state index contributed by atoms with van der Waals surface area (Å²) in [5, 5.41) is 14.7. The van der Waals surface area contributed by atoms with E-state index in [1.165, 1.54) is 0 Å². The standard InChI is InChI=1S/C26H32N6O2/c1-16(2)14-27-24-13-23(29-20-8-10-34-11-9-20)31-25-22(15-28-32(24)25)18-4-7-21(17(3)12-18)26(33)30-19-5-6-19/h4-5,7,12-13,15-16,20,27H,6,8-11,14H2,1-3H3,(H,29,31)(H,30,33). The highest BCUT2D eigenvalue weighted by atomic mass is 16.5. The number of anilines is 2. The maximum absolute atomic E-state index is 12.5. The monoisotopic (exact) mass is 460 g/mol. The molecule has 1 saturated heterocycles. The molecule has 178 valence electrons. The normalized spacial score (nSPS) is 15.9. The summed E-state index contributed by atoms with van der Waals surface area (Å²) >= 11 is 0. The van der Waals surface area contributed by atoms with Crippen LogP contribution in [0.1, 0.15) is 49.0 Å². The van der Waals surface area contributed by atoms with Crippen LogP contribution in [0.3, 0.4) is 0 Å². The third-order valence-electron chi connectivity index (χ3n) is 6.20. The Morgan fingerprint density at radius 1 is 1.24 bits per heavy atom. The van der Waals surface area contributed by atoms with Gasteiger partial charge in [0.1, 0.15) is 11.6 Å². The average Bonchev–Trinajstić information content (AvgIpc) is 3.53. The van der Waals surface area contributed by atoms with Gasteiger partial charge in [-0.25, -0.2) is 4.98 Å². The molecule has 1 aromatic carbocycles. The molecule has 1 fully saturated rings. The van der Waals surface area contributed by atoms with E-state index in [9.17, 15) is 4.79 Å². The van der Waals surface area contributed by atoms with E-state index in [4.69, 9.17) is 9.72 Å². The van der Waals surface area contributed by atoms with Crippen LogP contribution in [-0.2, 0) is 4.74 Å². The van der Waals surface area contributed by atoms with Gasteiger partial charge in [-0.2, -0.15) is 9.61 Å². The number of hydrogen-bond donors (Lipinski definition) is 3. The van der Waals surface area contributed by atoms with E-state index < -0.39 is 0 Å². The maximum Gasteiger partial charge on any atom is 0.255 e. The largest absolute Gasteiger partial charge is 0.381 e. The number of amides is 1. The van der Waals surface area contributed by atoms with E-state index in [1.807, 2.05) is 48.0 Å². The molecule has 0 unspecified atom stereocenters. The molecule has 0 bridgehead atoms. The van der Waals surface area contributed by atoms with Crippen LogP contribution in [0.25, 0.3) is 16.8 Å². The first-order valence-corrected chi connectivity index (χ1v) is 12.1. The summed E-state index contributed by atoms with van der Waals surface area (Å²) in [6.45, 7) is 8.71. The highest BCUT2D eigenvalue weighted by molar-refractivity contribution is 5.98. The van der Waals surface area contributed by atoms with Crippen molar-refractivity contribution < 1.29 is 9.53 Å². The zero-order valence-electron chi connectivity index (χ0n) is 20.0. The Bertz CT molecular complexity index is 1240. The van der Waals surface area contributed by atoms with Crippen molar-refractivity contribution in [2.45, 2.75) is 46.1 Å². The fourth-order valence-corrected chi connectivity index (χ4v) is 4.18. The van der Waals surface area contributed by atoms with E-state index in [2.05, 4.69) is 34.9 Å². The Hall–Kier alpha value is -3.39. The van der Waals surface area contributed by atoms with Crippen molar-refractivity contribution in [1.29, 1.82) is 0 Å². The summed E-state index contributed by atoms with van der Waals surface area (Å²) in [4.78, 5) is 17.5. The minimum Gasteiger partial charge on any atom is -0.381 e. The predicted molar refractivity (Wildman–Crippen MR) is 134 cm³/mol. The Labute approximate surface area is 199 Å². The first kappa shape index (κ1) is 22.4. The van der Waals surface area contributed by atoms with E-state index >= 15 is 0 Å². The number of aromatic nitrogens is 3. The second-order valence-electron chi connectivity index (χ2n) is 9.54. The van der Waals surface area contributed by atoms with Crippen LogP contribution < -0.4 is 16.0 Å². The summed E-state index contributed by atoms with van der Waals surface area (Å²) in [6.07, 6.45) is 6.66. The minimum absolute atomic E-state index is 0.0612. The van der Waals surface area contributed by atoms with Gasteiger partial charge in [0.2, 0.25) is 0 Å². The zero-order valence-corrected chi connectivity index (χ0v) is 20.0. The molecule has 34 heavy (non-hydrogen) atoms. The Kier molecular flexibility index (Phi) is 6.24. The molecule has 5 rings (SSSR count). The Morgan fingerprint density at radius 3 is 2.74 bits per heavy atom. The lowest BCUT2D eigenvalue weighted by Gasteiger charge is -2.24. The number of allylic oxidation sites excluding steroid dienone is 2. The molecule has 0 saturated carbocycles. The van der Waals surface area contributed by atoms with Gasteiger partial charge in [-0.15, -0.1) is 0 Å². The first-order valence-electron chi connectivity index (χ1n) is 12.1. The van der Waals surface area contributed by atoms with Gasteiger partial charge in [0.25, 0.3) is 5.91 Å². The van der Waals surface area contributed by atoms with Crippen LogP contribution in [-0.4, -0.2) is 46.3 Å². The minimum atomic E-state index is -0.0612. The molecule has 0 radical (unpaired) electrons. The molecule has 0 atom stereocenters. The van der Waals surface area contributed by atoms with E-state index in [0.717, 1.165) is 78.7 Å². The number of ether oxygens (including phenoxy) is 1. The lowest BCUT2D eigenvalue weighted by Crippen LogP contribution is -2.28. The van der Waals surface area contributed by atoms with Crippen molar-refractivity contribution in [3.63, 3.8) is 0 Å². The van der Waals surface area contributed by atoms with Crippen LogP contribution in [0.2, 0.25) is 0 Å². The third kappa shape index (κ3) is 4.92. The van der Waals surface area contributed by atoms with Crippen LogP contribution in [0.4, 0.5) is 11.6 Å². The summed E-state index contributed by atoms with van der Waals surface area (Å²) < 4.78 is 7.37. The third-order valence-corrected chi connectivity index (χ3v) is 6.20. The molecular formula is C26H32N6O2. The topological polar surface area (TPSA) is 92.6 Å². The lowest BCUT2D eigenvalue weighted by molar-refractivity contribution is 0.0904. The van der Waals surface area contributed by atoms with Crippen LogP contribution in [0.15, 0.2) is 42.2 Å². The van der Waals surface area contributed by atoms with E-state index in [-0.39, 0.29) is 5.91 Å². The molecule has 2 aromatic heterocycles. The van der Waals surface area contributed by atoms with Gasteiger partial charge >= 0.3 is 0 Å². The Morgan fingerprint density at radius 2 is 2.03 bits per heavy atom. The quantitative estimate of drug-likeness (QED) is 0.462. The molecule has 8 nitrogen and oxygen atoms in total. The van der Waals surface area contributed by atoms with Crippen LogP contribution in [0.5, 0.6) is 0 Å². The average molecular weight is 461 g/mol. The summed E-state index contributed by atoms with van der Waals surface area (Å²) in [5.74, 6) is 2.18. The number of nitrogens with zero attached hydrogens (tertiary/aromatic N) is 3. The number of hydrogen-bond acceptors (Lipinski definition) is 6. The zero-order chi connectivity index (χ0) is 23.7. The molecule has 3 heterocycles. The van der Waals surface area contributed by atoms with Gasteiger partial charge < -0.3 is 20.7 Å². The molecule has 0 spiro atoms. The summed E-state index contributed by atoms with van der Waals surface area (Å²) in [6, 6.07) is 8.27. The fourth-order valence-electron chi connectivity index (χ4n) is 4.18. The molecule has 3 N–H and O–H groups in total. The second-order valence-corrected chi connectivity index (χ2v) is 9.54. The maximum atomic E-state index is 12.5. The summed E-state index contributed by atoms with van der Waals surface area (Å²) in [5.41, 5.74) is 5.30. The molecule has 8 heteroatoms. The van der Waals surface area contributed by atoms with Gasteiger partial charge in [-0.3, -0.25) is 4.79 Å². The number of aryl methyl sites for hydroxylation is 1. The number of carbonyl (C=O) groups excluding carboxylic acids is 1. The SMILES string of the molecule is Cc1cc(-c2cnn3c(NCC(C)C)cc(NC4CCOCC4)nc23)ccc1C(=O)NC1=CC1. The number of fused-ring (bicyclic) bond motifs is 1. The fraction of sp³-hybridized carbons (Fsp3) is 0.423. The summed E-state index contributed by atoms with van der Waals surface area (Å²) in [7, 11) is 0. The van der Waals surface area contributed by atoms with Gasteiger partial charge in [-0.1, -0.05) is 32.1 Å². The van der Waals surface area contributed by atoms with Crippen molar-refractivity contribution in [2.75, 3.05) is 30.4 Å². The Balaban J connectivity index is 1.49. The molecular weight excluding hydrogens is 428 g/mol. The smallest absolute Gasteiger partial charge is 0.255 e. The molecule has 1 aliphatic heterocycles. The molecule has 2 aliphatic rings. The van der Waals surface area contributed by atoms with Crippen LogP contribution >= 0.6 is 0 Å². The number of nitrogens with one attached hydrogen (secondary N) is 3. The highest BCUT2D eigenvalue weighted by Gasteiger charge is 2.19. The van der Waals surface area contributed by atoms with Crippen LogP contribution in [0, 0.1) is 12.8 Å². The number of carbonyl (C=O) groups is 1. The first-order chi connectivity index (χ1) is 16.5. The molecule has 1 aliphatic carbocycles. The number of rotatable bonds is 8. The van der Waals surface area contributed by atoms with E-state index in [0.29, 0.717) is 17.5 Å². The highest BCUT2D eigenvalue weighted by Crippen LogP contribution is 2.29. The molecule has 1 amide bonds. The van der Waals surface area contributed by atoms with Crippen molar-refractivity contribution in [3.05, 3.63) is 53.4 Å². The lowest BCUT2D eigenvalue weighted by atomic mass is 10.0. The second kappa shape index (κ2) is 9.46. The van der Waals surface area contributed by atoms with E-state index in [1.54, 1.807) is 0 Å². The molecule has 3 aromatic rings. The van der Waals surface area contributed by atoms with Crippen molar-refractivity contribution in [2.24, 2.45) is 5.92 Å². The van der Waals surface area contributed by atoms with Gasteiger partial charge in [0.15, 0.2) is 5.65 Å². The number of benzene rings is 1. The van der Waals surface area contributed by atoms with Gasteiger partial charge in [0.05, 0.1) is 6.20 Å². The predicted octanol–water partition coefficient (Wildman–Crippen LogP) is 4.38. The van der Waals surface area contributed by atoms with Gasteiger partial charge in [-0.05, 0) is 42.9 Å². The van der Waals surface area contributed by atoms with Crippen molar-refractivity contribution >= 4 is 23.2 Å². The van der Waals surface area contributed by atoms with Crippen molar-refractivity contribution in [1.82, 2.24) is 19.9 Å². The van der Waals surface area contributed by atoms with Crippen molar-refractivity contribution in [3.8, 4) is 11.1 Å².